The summed E-state index contributed by atoms with van der Waals surface area (Å²) >= 11 is 0. The number of methoxy groups -OCH3 is 1. The molecule has 0 saturated carbocycles. The SMILES string of the molecule is COc1ccc(S(=O)(=O)N2CC(C(=O)O)Oc3ccccc32)cc1. The van der Waals surface area contributed by atoms with E-state index in [9.17, 15) is 18.3 Å². The molecule has 1 unspecified atom stereocenters. The molecule has 24 heavy (non-hydrogen) atoms. The third kappa shape index (κ3) is 2.76. The van der Waals surface area contributed by atoms with Gasteiger partial charge in [0.25, 0.3) is 10.0 Å². The van der Waals surface area contributed by atoms with Crippen molar-refractivity contribution in [1.82, 2.24) is 0 Å². The van der Waals surface area contributed by atoms with Gasteiger partial charge in [-0.2, -0.15) is 0 Å². The Kier molecular flexibility index (Phi) is 4.06. The van der Waals surface area contributed by atoms with Crippen molar-refractivity contribution in [3.8, 4) is 11.5 Å². The van der Waals surface area contributed by atoms with Crippen molar-refractivity contribution >= 4 is 21.7 Å². The number of rotatable bonds is 4. The molecule has 1 aliphatic heterocycles. The Morgan fingerprint density at radius 3 is 2.50 bits per heavy atom. The highest BCUT2D eigenvalue weighted by molar-refractivity contribution is 7.92. The van der Waals surface area contributed by atoms with Crippen molar-refractivity contribution < 1.29 is 27.8 Å². The molecule has 8 heteroatoms. The lowest BCUT2D eigenvalue weighted by Gasteiger charge is -2.33. The molecule has 0 amide bonds. The third-order valence-electron chi connectivity index (χ3n) is 3.66. The number of sulfonamides is 1. The van der Waals surface area contributed by atoms with Gasteiger partial charge < -0.3 is 14.6 Å². The van der Waals surface area contributed by atoms with Crippen molar-refractivity contribution in [3.05, 3.63) is 48.5 Å². The topological polar surface area (TPSA) is 93.1 Å². The minimum absolute atomic E-state index is 0.0455. The molecule has 126 valence electrons. The molecule has 0 spiro atoms. The van der Waals surface area contributed by atoms with Gasteiger partial charge in [0.1, 0.15) is 11.5 Å². The van der Waals surface area contributed by atoms with Gasteiger partial charge in [0.15, 0.2) is 0 Å². The van der Waals surface area contributed by atoms with E-state index < -0.39 is 22.1 Å². The standard InChI is InChI=1S/C16H15NO6S/c1-22-11-6-8-12(9-7-11)24(20,21)17-10-15(16(18)19)23-14-5-3-2-4-13(14)17/h2-9,15H,10H2,1H3,(H,18,19). The predicted octanol–water partition coefficient (Wildman–Crippen LogP) is 1.74. The summed E-state index contributed by atoms with van der Waals surface area (Å²) < 4.78 is 37.4. The first-order valence-corrected chi connectivity index (χ1v) is 8.53. The largest absolute Gasteiger partial charge is 0.497 e. The van der Waals surface area contributed by atoms with E-state index in [0.29, 0.717) is 11.4 Å². The second kappa shape index (κ2) is 6.04. The number of hydrogen-bond acceptors (Lipinski definition) is 5. The highest BCUT2D eigenvalue weighted by Gasteiger charge is 2.37. The number of carboxylic acids is 1. The second-order valence-corrected chi connectivity index (χ2v) is 6.99. The summed E-state index contributed by atoms with van der Waals surface area (Å²) in [5.41, 5.74) is 0.311. The molecule has 0 saturated heterocycles. The van der Waals surface area contributed by atoms with Crippen molar-refractivity contribution in [1.29, 1.82) is 0 Å². The minimum Gasteiger partial charge on any atom is -0.497 e. The predicted molar refractivity (Wildman–Crippen MR) is 86.0 cm³/mol. The van der Waals surface area contributed by atoms with Crippen LogP contribution < -0.4 is 13.8 Å². The molecule has 2 aromatic carbocycles. The van der Waals surface area contributed by atoms with Crippen molar-refractivity contribution in [2.24, 2.45) is 0 Å². The normalized spacial score (nSPS) is 16.9. The van der Waals surface area contributed by atoms with E-state index in [1.165, 1.54) is 31.4 Å². The summed E-state index contributed by atoms with van der Waals surface area (Å²) in [4.78, 5) is 11.3. The van der Waals surface area contributed by atoms with Crippen LogP contribution in [0.15, 0.2) is 53.4 Å². The zero-order chi connectivity index (χ0) is 17.3. The van der Waals surface area contributed by atoms with E-state index in [0.717, 1.165) is 4.31 Å². The lowest BCUT2D eigenvalue weighted by Crippen LogP contribution is -2.47. The van der Waals surface area contributed by atoms with Crippen LogP contribution in [-0.2, 0) is 14.8 Å². The second-order valence-electron chi connectivity index (χ2n) is 5.12. The zero-order valence-electron chi connectivity index (χ0n) is 12.7. The average Bonchev–Trinajstić information content (AvgIpc) is 2.60. The molecular formula is C16H15NO6S. The zero-order valence-corrected chi connectivity index (χ0v) is 13.6. The van der Waals surface area contributed by atoms with Gasteiger partial charge in [0.05, 0.1) is 24.2 Å². The third-order valence-corrected chi connectivity index (χ3v) is 5.45. The van der Waals surface area contributed by atoms with Crippen LogP contribution in [0.3, 0.4) is 0 Å². The first-order chi connectivity index (χ1) is 11.4. The molecule has 0 aromatic heterocycles. The van der Waals surface area contributed by atoms with E-state index in [1.807, 2.05) is 0 Å². The number of aliphatic carboxylic acids is 1. The first-order valence-electron chi connectivity index (χ1n) is 7.09. The number of hydrogen-bond donors (Lipinski definition) is 1. The highest BCUT2D eigenvalue weighted by atomic mass is 32.2. The first kappa shape index (κ1) is 16.1. The van der Waals surface area contributed by atoms with Gasteiger partial charge in [0, 0.05) is 0 Å². The van der Waals surface area contributed by atoms with Gasteiger partial charge >= 0.3 is 5.97 Å². The molecule has 3 rings (SSSR count). The van der Waals surface area contributed by atoms with Crippen molar-refractivity contribution in [2.75, 3.05) is 18.0 Å². The summed E-state index contributed by atoms with van der Waals surface area (Å²) in [5, 5.41) is 9.22. The molecule has 1 heterocycles. The van der Waals surface area contributed by atoms with Crippen LogP contribution in [0.25, 0.3) is 0 Å². The molecule has 7 nitrogen and oxygen atoms in total. The maximum absolute atomic E-state index is 13.0. The number of carboxylic acid groups (broad SMARTS) is 1. The van der Waals surface area contributed by atoms with Crippen molar-refractivity contribution in [3.63, 3.8) is 0 Å². The molecule has 0 fully saturated rings. The summed E-state index contributed by atoms with van der Waals surface area (Å²) in [6.07, 6.45) is -1.27. The fraction of sp³-hybridized carbons (Fsp3) is 0.188. The van der Waals surface area contributed by atoms with Crippen LogP contribution >= 0.6 is 0 Å². The maximum Gasteiger partial charge on any atom is 0.346 e. The molecular weight excluding hydrogens is 334 g/mol. The number of fused-ring (bicyclic) bond motifs is 1. The Morgan fingerprint density at radius 1 is 1.21 bits per heavy atom. The van der Waals surface area contributed by atoms with Crippen LogP contribution in [-0.4, -0.2) is 39.3 Å². The Bertz CT molecular complexity index is 862. The highest BCUT2D eigenvalue weighted by Crippen LogP contribution is 2.36. The molecule has 0 aliphatic carbocycles. The van der Waals surface area contributed by atoms with Gasteiger partial charge in [-0.15, -0.1) is 0 Å². The number of anilines is 1. The number of carbonyl (C=O) groups is 1. The minimum atomic E-state index is -3.93. The monoisotopic (exact) mass is 349 g/mol. The van der Waals surface area contributed by atoms with Gasteiger partial charge in [-0.3, -0.25) is 4.31 Å². The number of nitrogens with zero attached hydrogens (tertiary/aromatic N) is 1. The lowest BCUT2D eigenvalue weighted by molar-refractivity contribution is -0.144. The molecule has 2 aromatic rings. The van der Waals surface area contributed by atoms with E-state index in [1.54, 1.807) is 24.3 Å². The summed E-state index contributed by atoms with van der Waals surface area (Å²) in [6.45, 7) is -0.305. The fourth-order valence-electron chi connectivity index (χ4n) is 2.43. The van der Waals surface area contributed by atoms with Crippen LogP contribution in [0.4, 0.5) is 5.69 Å². The molecule has 0 bridgehead atoms. The van der Waals surface area contributed by atoms with E-state index >= 15 is 0 Å². The molecule has 1 aliphatic rings. The van der Waals surface area contributed by atoms with E-state index in [4.69, 9.17) is 9.47 Å². The van der Waals surface area contributed by atoms with Crippen LogP contribution in [0.2, 0.25) is 0 Å². The average molecular weight is 349 g/mol. The van der Waals surface area contributed by atoms with Gasteiger partial charge in [0.2, 0.25) is 6.10 Å². The fourth-order valence-corrected chi connectivity index (χ4v) is 3.91. The molecule has 1 N–H and O–H groups in total. The van der Waals surface area contributed by atoms with Crippen LogP contribution in [0.1, 0.15) is 0 Å². The Morgan fingerprint density at radius 2 is 1.88 bits per heavy atom. The smallest absolute Gasteiger partial charge is 0.346 e. The van der Waals surface area contributed by atoms with Crippen LogP contribution in [0.5, 0.6) is 11.5 Å². The van der Waals surface area contributed by atoms with Gasteiger partial charge in [-0.1, -0.05) is 12.1 Å². The lowest BCUT2D eigenvalue weighted by atomic mass is 10.2. The molecule has 0 radical (unpaired) electrons. The van der Waals surface area contributed by atoms with Crippen LogP contribution in [0, 0.1) is 0 Å². The van der Waals surface area contributed by atoms with E-state index in [2.05, 4.69) is 0 Å². The summed E-state index contributed by atoms with van der Waals surface area (Å²) in [7, 11) is -2.45. The van der Waals surface area contributed by atoms with Crippen molar-refractivity contribution in [2.45, 2.75) is 11.0 Å². The summed E-state index contributed by atoms with van der Waals surface area (Å²) in [5.74, 6) is -0.479. The Labute approximate surface area is 139 Å². The molecule has 1 atom stereocenters. The quantitative estimate of drug-likeness (QED) is 0.904. The Hall–Kier alpha value is -2.74. The Balaban J connectivity index is 2.06. The number of para-hydroxylation sites is 2. The van der Waals surface area contributed by atoms with E-state index in [-0.39, 0.29) is 17.2 Å². The van der Waals surface area contributed by atoms with Gasteiger partial charge in [-0.25, -0.2) is 13.2 Å². The summed E-state index contributed by atoms with van der Waals surface area (Å²) in [6, 6.07) is 12.3. The number of ether oxygens (including phenoxy) is 2. The number of benzene rings is 2. The van der Waals surface area contributed by atoms with Gasteiger partial charge in [-0.05, 0) is 36.4 Å². The maximum atomic E-state index is 13.0.